The summed E-state index contributed by atoms with van der Waals surface area (Å²) < 4.78 is 5.70. The fraction of sp³-hybridized carbons (Fsp3) is 0.571. The van der Waals surface area contributed by atoms with Crippen molar-refractivity contribution in [1.29, 1.82) is 0 Å². The first-order chi connectivity index (χ1) is 7.32. The second-order valence-corrected chi connectivity index (χ2v) is 5.47. The lowest BCUT2D eigenvalue weighted by Crippen LogP contribution is -2.19. The summed E-state index contributed by atoms with van der Waals surface area (Å²) in [6.45, 7) is 10.0. The Bertz CT molecular complexity index is 337. The average molecular weight is 222 g/mol. The van der Waals surface area contributed by atoms with Gasteiger partial charge in [0.25, 0.3) is 0 Å². The topological polar surface area (TPSA) is 29.5 Å². The number of rotatable bonds is 3. The van der Waals surface area contributed by atoms with Crippen molar-refractivity contribution in [3.05, 3.63) is 29.8 Å². The van der Waals surface area contributed by atoms with E-state index in [0.717, 1.165) is 11.3 Å². The first-order valence-electron chi connectivity index (χ1n) is 5.76. The normalized spacial score (nSPS) is 13.9. The Morgan fingerprint density at radius 1 is 1.12 bits per heavy atom. The Kier molecular flexibility index (Phi) is 3.98. The molecule has 0 bridgehead atoms. The lowest BCUT2D eigenvalue weighted by molar-refractivity contribution is 0.0586. The highest BCUT2D eigenvalue weighted by atomic mass is 16.5. The average Bonchev–Trinajstić information content (AvgIpc) is 2.15. The Morgan fingerprint density at radius 3 is 2.19 bits per heavy atom. The van der Waals surface area contributed by atoms with Crippen molar-refractivity contribution < 1.29 is 9.84 Å². The minimum Gasteiger partial charge on any atom is -0.491 e. The van der Waals surface area contributed by atoms with Crippen molar-refractivity contribution in [1.82, 2.24) is 0 Å². The molecule has 0 heterocycles. The molecule has 0 radical (unpaired) electrons. The zero-order valence-electron chi connectivity index (χ0n) is 10.8. The van der Waals surface area contributed by atoms with E-state index >= 15 is 0 Å². The van der Waals surface area contributed by atoms with Gasteiger partial charge in [0.1, 0.15) is 5.75 Å². The fourth-order valence-electron chi connectivity index (χ4n) is 1.53. The summed E-state index contributed by atoms with van der Waals surface area (Å²) in [5.41, 5.74) is 0.680. The molecule has 2 nitrogen and oxygen atoms in total. The Hall–Kier alpha value is -1.02. The lowest BCUT2D eigenvalue weighted by Gasteiger charge is -2.28. The first kappa shape index (κ1) is 13.0. The van der Waals surface area contributed by atoms with Gasteiger partial charge in [-0.25, -0.2) is 0 Å². The van der Waals surface area contributed by atoms with E-state index in [2.05, 4.69) is 0 Å². The number of benzene rings is 1. The van der Waals surface area contributed by atoms with Crippen molar-refractivity contribution in [2.75, 3.05) is 0 Å². The smallest absolute Gasteiger partial charge is 0.125 e. The second kappa shape index (κ2) is 4.88. The summed E-state index contributed by atoms with van der Waals surface area (Å²) in [4.78, 5) is 0. The molecule has 0 spiro atoms. The number of aliphatic hydroxyl groups is 1. The molecule has 2 heteroatoms. The van der Waals surface area contributed by atoms with Crippen molar-refractivity contribution in [3.63, 3.8) is 0 Å². The molecule has 1 aromatic carbocycles. The number of para-hydroxylation sites is 1. The monoisotopic (exact) mass is 222 g/mol. The van der Waals surface area contributed by atoms with Crippen LogP contribution in [0.1, 0.15) is 46.3 Å². The molecule has 0 aliphatic rings. The third kappa shape index (κ3) is 3.24. The summed E-state index contributed by atoms with van der Waals surface area (Å²) in [5, 5.41) is 10.3. The molecule has 1 unspecified atom stereocenters. The Morgan fingerprint density at radius 2 is 1.69 bits per heavy atom. The highest BCUT2D eigenvalue weighted by Crippen LogP contribution is 2.37. The Balaban J connectivity index is 3.03. The van der Waals surface area contributed by atoms with Crippen LogP contribution in [-0.4, -0.2) is 11.2 Å². The van der Waals surface area contributed by atoms with Crippen LogP contribution in [-0.2, 0) is 0 Å². The minimum atomic E-state index is -0.512. The van der Waals surface area contributed by atoms with Crippen LogP contribution in [0.2, 0.25) is 0 Å². The van der Waals surface area contributed by atoms with E-state index in [1.807, 2.05) is 58.9 Å². The molecule has 0 aliphatic heterocycles. The second-order valence-electron chi connectivity index (χ2n) is 5.47. The molecule has 1 N–H and O–H groups in total. The van der Waals surface area contributed by atoms with E-state index in [1.54, 1.807) is 0 Å². The number of hydrogen-bond acceptors (Lipinski definition) is 2. The Labute approximate surface area is 98.3 Å². The summed E-state index contributed by atoms with van der Waals surface area (Å²) >= 11 is 0. The fourth-order valence-corrected chi connectivity index (χ4v) is 1.53. The lowest BCUT2D eigenvalue weighted by atomic mass is 9.84. The highest BCUT2D eigenvalue weighted by Gasteiger charge is 2.26. The van der Waals surface area contributed by atoms with Gasteiger partial charge in [0.15, 0.2) is 0 Å². The molecule has 0 saturated heterocycles. The van der Waals surface area contributed by atoms with Crippen LogP contribution in [0.15, 0.2) is 24.3 Å². The zero-order chi connectivity index (χ0) is 12.3. The van der Waals surface area contributed by atoms with E-state index in [4.69, 9.17) is 4.74 Å². The molecule has 0 saturated carbocycles. The van der Waals surface area contributed by atoms with Gasteiger partial charge in [-0.3, -0.25) is 0 Å². The maximum atomic E-state index is 10.3. The van der Waals surface area contributed by atoms with Gasteiger partial charge in [-0.15, -0.1) is 0 Å². The molecular weight excluding hydrogens is 200 g/mol. The summed E-state index contributed by atoms with van der Waals surface area (Å²) in [5.74, 6) is 0.778. The molecule has 0 aromatic heterocycles. The third-order valence-corrected chi connectivity index (χ3v) is 2.40. The van der Waals surface area contributed by atoms with Crippen LogP contribution in [0.3, 0.4) is 0 Å². The molecule has 16 heavy (non-hydrogen) atoms. The van der Waals surface area contributed by atoms with E-state index in [-0.39, 0.29) is 11.5 Å². The maximum absolute atomic E-state index is 10.3. The van der Waals surface area contributed by atoms with Gasteiger partial charge in [0.05, 0.1) is 12.2 Å². The SMILES string of the molecule is CC(C)Oc1ccccc1C(O)C(C)(C)C. The van der Waals surface area contributed by atoms with Gasteiger partial charge in [0, 0.05) is 5.56 Å². The van der Waals surface area contributed by atoms with Crippen LogP contribution < -0.4 is 4.74 Å². The third-order valence-electron chi connectivity index (χ3n) is 2.40. The quantitative estimate of drug-likeness (QED) is 0.847. The first-order valence-corrected chi connectivity index (χ1v) is 5.76. The van der Waals surface area contributed by atoms with Crippen molar-refractivity contribution >= 4 is 0 Å². The molecule has 1 rings (SSSR count). The molecule has 0 amide bonds. The number of aliphatic hydroxyl groups excluding tert-OH is 1. The summed E-state index contributed by atoms with van der Waals surface area (Å²) in [6, 6.07) is 7.69. The van der Waals surface area contributed by atoms with E-state index < -0.39 is 6.10 Å². The van der Waals surface area contributed by atoms with E-state index in [0.29, 0.717) is 0 Å². The summed E-state index contributed by atoms with van der Waals surface area (Å²) in [6.07, 6.45) is -0.393. The largest absolute Gasteiger partial charge is 0.491 e. The van der Waals surface area contributed by atoms with Crippen molar-refractivity contribution in [2.45, 2.75) is 46.8 Å². The van der Waals surface area contributed by atoms with Crippen LogP contribution >= 0.6 is 0 Å². The van der Waals surface area contributed by atoms with Crippen LogP contribution in [0.25, 0.3) is 0 Å². The van der Waals surface area contributed by atoms with Crippen LogP contribution in [0, 0.1) is 5.41 Å². The number of ether oxygens (including phenoxy) is 1. The maximum Gasteiger partial charge on any atom is 0.125 e. The summed E-state index contributed by atoms with van der Waals surface area (Å²) in [7, 11) is 0. The van der Waals surface area contributed by atoms with E-state index in [9.17, 15) is 5.11 Å². The number of hydrogen-bond donors (Lipinski definition) is 1. The molecule has 1 aromatic rings. The van der Waals surface area contributed by atoms with Crippen molar-refractivity contribution in [2.24, 2.45) is 5.41 Å². The molecule has 0 aliphatic carbocycles. The van der Waals surface area contributed by atoms with Gasteiger partial charge in [-0.05, 0) is 25.3 Å². The van der Waals surface area contributed by atoms with Crippen LogP contribution in [0.4, 0.5) is 0 Å². The molecule has 0 fully saturated rings. The van der Waals surface area contributed by atoms with Gasteiger partial charge in [0.2, 0.25) is 0 Å². The van der Waals surface area contributed by atoms with Crippen molar-refractivity contribution in [3.8, 4) is 5.75 Å². The van der Waals surface area contributed by atoms with Gasteiger partial charge in [-0.2, -0.15) is 0 Å². The van der Waals surface area contributed by atoms with Gasteiger partial charge >= 0.3 is 0 Å². The standard InChI is InChI=1S/C14H22O2/c1-10(2)16-12-9-7-6-8-11(12)13(15)14(3,4)5/h6-10,13,15H,1-5H3. The minimum absolute atomic E-state index is 0.119. The predicted octanol–water partition coefficient (Wildman–Crippen LogP) is 3.55. The molecular formula is C14H22O2. The van der Waals surface area contributed by atoms with Gasteiger partial charge < -0.3 is 9.84 Å². The van der Waals surface area contributed by atoms with Gasteiger partial charge in [-0.1, -0.05) is 39.0 Å². The molecule has 1 atom stereocenters. The predicted molar refractivity (Wildman–Crippen MR) is 66.6 cm³/mol. The zero-order valence-corrected chi connectivity index (χ0v) is 10.8. The highest BCUT2D eigenvalue weighted by molar-refractivity contribution is 5.36. The molecule has 90 valence electrons. The van der Waals surface area contributed by atoms with E-state index in [1.165, 1.54) is 0 Å². The van der Waals surface area contributed by atoms with Crippen LogP contribution in [0.5, 0.6) is 5.75 Å².